The molecule has 3 aliphatic heterocycles. The summed E-state index contributed by atoms with van der Waals surface area (Å²) >= 11 is 0. The lowest BCUT2D eigenvalue weighted by Crippen LogP contribution is -2.60. The van der Waals surface area contributed by atoms with Gasteiger partial charge in [0.05, 0.1) is 34.2 Å². The van der Waals surface area contributed by atoms with Gasteiger partial charge < -0.3 is 30.5 Å². The Labute approximate surface area is 249 Å². The number of aromatic nitrogens is 1. The molecule has 4 heterocycles. The lowest BCUT2D eigenvalue weighted by molar-refractivity contribution is -0.137. The average molecular weight is 596 g/mol. The number of nitrogens with zero attached hydrogens (tertiary/aromatic N) is 4. The van der Waals surface area contributed by atoms with Crippen LogP contribution in [0.3, 0.4) is 0 Å². The number of carbonyl (C=O) groups excluding carboxylic acids is 1. The lowest BCUT2D eigenvalue weighted by Gasteiger charge is -2.48. The van der Waals surface area contributed by atoms with Crippen LogP contribution in [0.25, 0.3) is 0 Å². The highest BCUT2D eigenvalue weighted by molar-refractivity contribution is 6.00. The number of hydrogen-bond donors (Lipinski definition) is 3. The number of nitrogens with one attached hydrogen (secondary N) is 3. The molecule has 1 aromatic heterocycles. The van der Waals surface area contributed by atoms with Crippen molar-refractivity contribution in [2.75, 3.05) is 69.0 Å². The molecule has 3 aliphatic rings. The smallest absolute Gasteiger partial charge is 0.419 e. The molecule has 43 heavy (non-hydrogen) atoms. The molecule has 1 amide bonds. The number of para-hydroxylation sites is 1. The maximum atomic E-state index is 13.9. The Kier molecular flexibility index (Phi) is 8.06. The molecular formula is C31H36F3N7O2. The van der Waals surface area contributed by atoms with Gasteiger partial charge in [-0.25, -0.2) is 4.98 Å². The normalized spacial score (nSPS) is 19.7. The summed E-state index contributed by atoms with van der Waals surface area (Å²) in [6.07, 6.45) is -1.46. The van der Waals surface area contributed by atoms with Crippen LogP contribution in [0, 0.1) is 0 Å². The molecule has 2 saturated heterocycles. The summed E-state index contributed by atoms with van der Waals surface area (Å²) in [5.74, 6) is 0.538. The minimum absolute atomic E-state index is 0.216. The molecule has 3 aromatic rings. The second-order valence-corrected chi connectivity index (χ2v) is 11.4. The topological polar surface area (TPSA) is 85.0 Å². The Morgan fingerprint density at radius 3 is 2.53 bits per heavy atom. The van der Waals surface area contributed by atoms with Crippen LogP contribution in [0.1, 0.15) is 28.8 Å². The highest BCUT2D eigenvalue weighted by Crippen LogP contribution is 2.40. The number of likely N-dealkylation sites (tertiary alicyclic amines) is 1. The number of carbonyl (C=O) groups is 1. The summed E-state index contributed by atoms with van der Waals surface area (Å²) in [7, 11) is 3.65. The van der Waals surface area contributed by atoms with Crippen molar-refractivity contribution in [1.82, 2.24) is 20.1 Å². The number of rotatable bonds is 6. The van der Waals surface area contributed by atoms with Crippen LogP contribution in [0.2, 0.25) is 0 Å². The quantitative estimate of drug-likeness (QED) is 0.370. The van der Waals surface area contributed by atoms with Gasteiger partial charge in [0, 0.05) is 56.7 Å². The zero-order valence-electron chi connectivity index (χ0n) is 24.2. The number of hydrogen-bond acceptors (Lipinski definition) is 8. The summed E-state index contributed by atoms with van der Waals surface area (Å²) in [5, 5.41) is 8.44. The van der Waals surface area contributed by atoms with Gasteiger partial charge in [-0.3, -0.25) is 9.69 Å². The third kappa shape index (κ3) is 6.21. The fourth-order valence-corrected chi connectivity index (χ4v) is 6.23. The van der Waals surface area contributed by atoms with Crippen LogP contribution in [-0.2, 0) is 6.18 Å². The van der Waals surface area contributed by atoms with Crippen molar-refractivity contribution in [3.8, 4) is 5.75 Å². The Balaban J connectivity index is 1.19. The van der Waals surface area contributed by atoms with Crippen LogP contribution in [0.15, 0.2) is 54.7 Å². The molecule has 0 bridgehead atoms. The van der Waals surface area contributed by atoms with Crippen molar-refractivity contribution in [3.05, 3.63) is 65.9 Å². The van der Waals surface area contributed by atoms with Gasteiger partial charge >= 0.3 is 6.18 Å². The number of amides is 1. The predicted octanol–water partition coefficient (Wildman–Crippen LogP) is 4.92. The molecule has 0 aliphatic carbocycles. The summed E-state index contributed by atoms with van der Waals surface area (Å²) < 4.78 is 47.9. The van der Waals surface area contributed by atoms with Gasteiger partial charge in [-0.15, -0.1) is 0 Å². The van der Waals surface area contributed by atoms with E-state index in [2.05, 4.69) is 42.7 Å². The van der Waals surface area contributed by atoms with E-state index in [1.54, 1.807) is 24.3 Å². The molecule has 0 radical (unpaired) electrons. The number of benzene rings is 2. The van der Waals surface area contributed by atoms with Gasteiger partial charge in [0.1, 0.15) is 18.2 Å². The zero-order valence-corrected chi connectivity index (χ0v) is 24.2. The fourth-order valence-electron chi connectivity index (χ4n) is 6.23. The minimum atomic E-state index is -4.65. The number of piperidine rings is 1. The Bertz CT molecular complexity index is 1480. The number of ether oxygens (including phenoxy) is 1. The predicted molar refractivity (Wildman–Crippen MR) is 161 cm³/mol. The number of anilines is 5. The molecular weight excluding hydrogens is 559 g/mol. The highest BCUT2D eigenvalue weighted by atomic mass is 19.4. The largest absolute Gasteiger partial charge is 0.489 e. The van der Waals surface area contributed by atoms with E-state index >= 15 is 0 Å². The molecule has 6 rings (SSSR count). The third-order valence-corrected chi connectivity index (χ3v) is 8.57. The first kappa shape index (κ1) is 29.1. The Hall–Kier alpha value is -4.03. The molecule has 0 unspecified atom stereocenters. The second-order valence-electron chi connectivity index (χ2n) is 11.4. The number of fused-ring (bicyclic) bond motifs is 3. The first-order valence-electron chi connectivity index (χ1n) is 14.6. The maximum absolute atomic E-state index is 13.9. The number of pyridine rings is 1. The maximum Gasteiger partial charge on any atom is 0.419 e. The van der Waals surface area contributed by atoms with Crippen LogP contribution in [0.5, 0.6) is 5.75 Å². The van der Waals surface area contributed by atoms with Crippen LogP contribution in [0.4, 0.5) is 41.7 Å². The van der Waals surface area contributed by atoms with Crippen molar-refractivity contribution < 1.29 is 22.7 Å². The number of alkyl halides is 3. The van der Waals surface area contributed by atoms with E-state index in [0.717, 1.165) is 50.4 Å². The van der Waals surface area contributed by atoms with Crippen molar-refractivity contribution >= 4 is 34.5 Å². The molecule has 0 saturated carbocycles. The van der Waals surface area contributed by atoms with Crippen LogP contribution >= 0.6 is 0 Å². The van der Waals surface area contributed by atoms with E-state index in [4.69, 9.17) is 4.74 Å². The van der Waals surface area contributed by atoms with Gasteiger partial charge in [-0.2, -0.15) is 13.2 Å². The van der Waals surface area contributed by atoms with Crippen molar-refractivity contribution in [1.29, 1.82) is 0 Å². The molecule has 1 atom stereocenters. The first-order chi connectivity index (χ1) is 20.7. The van der Waals surface area contributed by atoms with E-state index in [1.807, 2.05) is 18.2 Å². The van der Waals surface area contributed by atoms with Gasteiger partial charge in [0.15, 0.2) is 0 Å². The first-order valence-corrected chi connectivity index (χ1v) is 14.6. The SMILES string of the molecule is CNC(=O)c1ccccc1Nc1cc(Nc2ccc3c(c2)OC[C@@H]2CN(C4CCN(C)CC4)CCN32)ncc1C(F)(F)F. The molecule has 9 nitrogen and oxygen atoms in total. The zero-order chi connectivity index (χ0) is 30.1. The molecule has 2 aromatic carbocycles. The number of halogens is 3. The van der Waals surface area contributed by atoms with Crippen molar-refractivity contribution in [2.24, 2.45) is 0 Å². The summed E-state index contributed by atoms with van der Waals surface area (Å²) in [6, 6.07) is 14.3. The summed E-state index contributed by atoms with van der Waals surface area (Å²) in [5.41, 5.74) is 0.980. The van der Waals surface area contributed by atoms with Gasteiger partial charge in [-0.1, -0.05) is 12.1 Å². The Morgan fingerprint density at radius 1 is 0.977 bits per heavy atom. The fraction of sp³-hybridized carbons (Fsp3) is 0.419. The van der Waals surface area contributed by atoms with Gasteiger partial charge in [0.25, 0.3) is 5.91 Å². The van der Waals surface area contributed by atoms with E-state index in [0.29, 0.717) is 18.3 Å². The monoisotopic (exact) mass is 595 g/mol. The Morgan fingerprint density at radius 2 is 1.77 bits per heavy atom. The summed E-state index contributed by atoms with van der Waals surface area (Å²) in [6.45, 7) is 5.77. The van der Waals surface area contributed by atoms with E-state index < -0.39 is 17.6 Å². The standard InChI is InChI=1S/C31H36F3N7O2/c1-35-30(42)23-5-3-4-6-25(23)38-26-16-29(36-17-24(26)31(32,33)34)37-20-7-8-27-28(15-20)43-19-22-18-40(13-14-41(22)27)21-9-11-39(2)12-10-21/h3-8,15-17,21-22H,9-14,18-19H2,1-2H3,(H,35,42)(H2,36,37,38)/t22-/m0/s1. The van der Waals surface area contributed by atoms with E-state index in [1.165, 1.54) is 26.0 Å². The lowest BCUT2D eigenvalue weighted by atomic mass is 10.00. The van der Waals surface area contributed by atoms with E-state index in [9.17, 15) is 18.0 Å². The number of piperazine rings is 1. The van der Waals surface area contributed by atoms with Crippen molar-refractivity contribution in [2.45, 2.75) is 31.1 Å². The molecule has 228 valence electrons. The van der Waals surface area contributed by atoms with Gasteiger partial charge in [0.2, 0.25) is 0 Å². The highest BCUT2D eigenvalue weighted by Gasteiger charge is 2.37. The van der Waals surface area contributed by atoms with Gasteiger partial charge in [-0.05, 0) is 57.2 Å². The minimum Gasteiger partial charge on any atom is -0.489 e. The molecule has 3 N–H and O–H groups in total. The molecule has 12 heteroatoms. The van der Waals surface area contributed by atoms with Crippen LogP contribution in [-0.4, -0.2) is 86.2 Å². The molecule has 2 fully saturated rings. The molecule has 0 spiro atoms. The third-order valence-electron chi connectivity index (χ3n) is 8.57. The second kappa shape index (κ2) is 11.9. The van der Waals surface area contributed by atoms with Crippen molar-refractivity contribution in [3.63, 3.8) is 0 Å². The van der Waals surface area contributed by atoms with E-state index in [-0.39, 0.29) is 28.8 Å². The average Bonchev–Trinajstić information content (AvgIpc) is 3.00. The van der Waals surface area contributed by atoms with Crippen LogP contribution < -0.4 is 25.6 Å². The summed E-state index contributed by atoms with van der Waals surface area (Å²) in [4.78, 5) is 23.8.